The van der Waals surface area contributed by atoms with E-state index in [-0.39, 0.29) is 24.8 Å². The molecular weight excluding hydrogens is 209 g/mol. The lowest BCUT2D eigenvalue weighted by atomic mass is 10.3. The van der Waals surface area contributed by atoms with Crippen LogP contribution in [0.2, 0.25) is 0 Å². The van der Waals surface area contributed by atoms with Gasteiger partial charge in [0.2, 0.25) is 0 Å². The predicted octanol–water partition coefficient (Wildman–Crippen LogP) is 1.66. The maximum Gasteiger partial charge on any atom is 0.0570 e. The second-order valence-electron chi connectivity index (χ2n) is 3.40. The average molecular weight is 222 g/mol. The molecule has 74 valence electrons. The molecule has 5 heteroatoms. The summed E-state index contributed by atoms with van der Waals surface area (Å²) >= 11 is 0. The Morgan fingerprint density at radius 1 is 1.31 bits per heavy atom. The highest BCUT2D eigenvalue weighted by atomic mass is 35.5. The van der Waals surface area contributed by atoms with Gasteiger partial charge in [-0.05, 0) is 12.8 Å². The summed E-state index contributed by atoms with van der Waals surface area (Å²) < 4.78 is 2.20. The number of rotatable bonds is 1. The van der Waals surface area contributed by atoms with E-state index in [0.717, 1.165) is 19.1 Å². The zero-order valence-electron chi connectivity index (χ0n) is 7.19. The van der Waals surface area contributed by atoms with Crippen LogP contribution in [0.25, 0.3) is 0 Å². The van der Waals surface area contributed by atoms with Crippen molar-refractivity contribution in [2.75, 3.05) is 0 Å². The van der Waals surface area contributed by atoms with Crippen LogP contribution >= 0.6 is 24.8 Å². The summed E-state index contributed by atoms with van der Waals surface area (Å²) in [5.41, 5.74) is 2.82. The van der Waals surface area contributed by atoms with Gasteiger partial charge < -0.3 is 5.32 Å². The van der Waals surface area contributed by atoms with E-state index in [9.17, 15) is 0 Å². The Kier molecular flexibility index (Phi) is 3.22. The van der Waals surface area contributed by atoms with Crippen molar-refractivity contribution < 1.29 is 0 Å². The number of halogens is 2. The van der Waals surface area contributed by atoms with Crippen LogP contribution in [0.3, 0.4) is 0 Å². The molecule has 3 nitrogen and oxygen atoms in total. The van der Waals surface area contributed by atoms with Gasteiger partial charge in [-0.3, -0.25) is 4.68 Å². The Morgan fingerprint density at radius 2 is 2.08 bits per heavy atom. The molecule has 1 aromatic rings. The molecule has 1 aliphatic carbocycles. The maximum atomic E-state index is 4.38. The monoisotopic (exact) mass is 221 g/mol. The van der Waals surface area contributed by atoms with Gasteiger partial charge in [-0.25, -0.2) is 0 Å². The van der Waals surface area contributed by atoms with Crippen molar-refractivity contribution >= 4 is 24.8 Å². The van der Waals surface area contributed by atoms with Crippen LogP contribution in [0.1, 0.15) is 30.1 Å². The molecule has 1 aromatic heterocycles. The molecule has 0 aromatic carbocycles. The quantitative estimate of drug-likeness (QED) is 0.783. The second-order valence-corrected chi connectivity index (χ2v) is 3.40. The molecule has 0 bridgehead atoms. The fraction of sp³-hybridized carbons (Fsp3) is 0.625. The highest BCUT2D eigenvalue weighted by Gasteiger charge is 2.28. The molecule has 0 radical (unpaired) electrons. The molecule has 3 rings (SSSR count). The summed E-state index contributed by atoms with van der Waals surface area (Å²) in [7, 11) is 0. The van der Waals surface area contributed by atoms with Crippen molar-refractivity contribution in [3.8, 4) is 0 Å². The van der Waals surface area contributed by atoms with Crippen LogP contribution in [0.4, 0.5) is 0 Å². The summed E-state index contributed by atoms with van der Waals surface area (Å²) in [4.78, 5) is 0. The SMILES string of the molecule is Cl.Cl.c1nn(C2CC2)c2c1CNC2. The fourth-order valence-corrected chi connectivity index (χ4v) is 1.71. The Bertz CT molecular complexity index is 294. The molecule has 1 aliphatic heterocycles. The van der Waals surface area contributed by atoms with Gasteiger partial charge in [0, 0.05) is 18.7 Å². The Hall–Kier alpha value is -0.250. The van der Waals surface area contributed by atoms with Gasteiger partial charge in [0.15, 0.2) is 0 Å². The van der Waals surface area contributed by atoms with Gasteiger partial charge in [0.1, 0.15) is 0 Å². The number of hydrogen-bond donors (Lipinski definition) is 1. The zero-order chi connectivity index (χ0) is 7.26. The van der Waals surface area contributed by atoms with E-state index < -0.39 is 0 Å². The third kappa shape index (κ3) is 1.68. The molecular formula is C8H13Cl2N3. The molecule has 13 heavy (non-hydrogen) atoms. The molecule has 1 saturated carbocycles. The maximum absolute atomic E-state index is 4.38. The molecule has 0 unspecified atom stereocenters. The molecule has 1 fully saturated rings. The van der Waals surface area contributed by atoms with E-state index in [4.69, 9.17) is 0 Å². The number of fused-ring (bicyclic) bond motifs is 1. The molecule has 0 spiro atoms. The van der Waals surface area contributed by atoms with Gasteiger partial charge >= 0.3 is 0 Å². The standard InChI is InChI=1S/C8H11N3.2ClH/c1-2-7(1)11-8-5-9-3-6(8)4-10-11;;/h4,7,9H,1-3,5H2;2*1H. The van der Waals surface area contributed by atoms with Gasteiger partial charge in [0.25, 0.3) is 0 Å². The fourth-order valence-electron chi connectivity index (χ4n) is 1.71. The summed E-state index contributed by atoms with van der Waals surface area (Å²) in [6.07, 6.45) is 4.66. The van der Waals surface area contributed by atoms with Crippen molar-refractivity contribution in [1.29, 1.82) is 0 Å². The number of nitrogens with zero attached hydrogens (tertiary/aromatic N) is 2. The van der Waals surface area contributed by atoms with Crippen molar-refractivity contribution in [2.24, 2.45) is 0 Å². The average Bonchev–Trinajstić information content (AvgIpc) is 2.63. The number of nitrogens with one attached hydrogen (secondary N) is 1. The molecule has 2 heterocycles. The predicted molar refractivity (Wildman–Crippen MR) is 55.5 cm³/mol. The second kappa shape index (κ2) is 3.86. The van der Waals surface area contributed by atoms with Crippen molar-refractivity contribution in [2.45, 2.75) is 32.0 Å². The molecule has 0 atom stereocenters. The largest absolute Gasteiger partial charge is 0.307 e. The van der Waals surface area contributed by atoms with E-state index in [1.54, 1.807) is 0 Å². The van der Waals surface area contributed by atoms with E-state index in [1.807, 2.05) is 6.20 Å². The molecule has 0 amide bonds. The van der Waals surface area contributed by atoms with Crippen LogP contribution in [-0.4, -0.2) is 9.78 Å². The molecule has 1 N–H and O–H groups in total. The topological polar surface area (TPSA) is 29.9 Å². The van der Waals surface area contributed by atoms with E-state index in [1.165, 1.54) is 24.1 Å². The first kappa shape index (κ1) is 10.8. The minimum Gasteiger partial charge on any atom is -0.307 e. The third-order valence-electron chi connectivity index (χ3n) is 2.49. The molecule has 0 saturated heterocycles. The van der Waals surface area contributed by atoms with Crippen molar-refractivity contribution in [3.63, 3.8) is 0 Å². The van der Waals surface area contributed by atoms with Crippen LogP contribution in [0.15, 0.2) is 6.20 Å². The highest BCUT2D eigenvalue weighted by Crippen LogP contribution is 2.36. The van der Waals surface area contributed by atoms with Crippen LogP contribution in [0.5, 0.6) is 0 Å². The first-order valence-electron chi connectivity index (χ1n) is 4.21. The number of hydrogen-bond acceptors (Lipinski definition) is 2. The van der Waals surface area contributed by atoms with Gasteiger partial charge in [0.05, 0.1) is 17.9 Å². The Balaban J connectivity index is 0.000000422. The Labute approximate surface area is 89.7 Å². The summed E-state index contributed by atoms with van der Waals surface area (Å²) in [5, 5.41) is 7.71. The lowest BCUT2D eigenvalue weighted by Gasteiger charge is -2.00. The van der Waals surface area contributed by atoms with E-state index in [0.29, 0.717) is 0 Å². The van der Waals surface area contributed by atoms with Crippen molar-refractivity contribution in [3.05, 3.63) is 17.5 Å². The summed E-state index contributed by atoms with van der Waals surface area (Å²) in [6, 6.07) is 0.735. The highest BCUT2D eigenvalue weighted by molar-refractivity contribution is 5.85. The van der Waals surface area contributed by atoms with Gasteiger partial charge in [-0.1, -0.05) is 0 Å². The van der Waals surface area contributed by atoms with Gasteiger partial charge in [-0.15, -0.1) is 24.8 Å². The van der Waals surface area contributed by atoms with Gasteiger partial charge in [-0.2, -0.15) is 5.10 Å². The molecule has 2 aliphatic rings. The van der Waals surface area contributed by atoms with Crippen molar-refractivity contribution in [1.82, 2.24) is 15.1 Å². The lowest BCUT2D eigenvalue weighted by molar-refractivity contribution is 0.592. The lowest BCUT2D eigenvalue weighted by Crippen LogP contribution is -2.07. The summed E-state index contributed by atoms with van der Waals surface area (Å²) in [5.74, 6) is 0. The number of aromatic nitrogens is 2. The zero-order valence-corrected chi connectivity index (χ0v) is 8.83. The van der Waals surface area contributed by atoms with E-state index >= 15 is 0 Å². The first-order chi connectivity index (χ1) is 5.45. The third-order valence-corrected chi connectivity index (χ3v) is 2.49. The van der Waals surface area contributed by atoms with Crippen LogP contribution in [0, 0.1) is 0 Å². The van der Waals surface area contributed by atoms with E-state index in [2.05, 4.69) is 15.1 Å². The summed E-state index contributed by atoms with van der Waals surface area (Å²) in [6.45, 7) is 2.04. The van der Waals surface area contributed by atoms with Crippen LogP contribution in [-0.2, 0) is 13.1 Å². The minimum atomic E-state index is 0. The normalized spacial score (nSPS) is 18.8. The minimum absolute atomic E-state index is 0. The Morgan fingerprint density at radius 3 is 2.77 bits per heavy atom. The first-order valence-corrected chi connectivity index (χ1v) is 4.21. The van der Waals surface area contributed by atoms with Crippen LogP contribution < -0.4 is 5.32 Å². The smallest absolute Gasteiger partial charge is 0.0570 e.